The van der Waals surface area contributed by atoms with Gasteiger partial charge in [0.05, 0.1) is 12.8 Å². The number of nitrogens with zero attached hydrogens (tertiary/aromatic N) is 1. The van der Waals surface area contributed by atoms with Crippen LogP contribution in [0, 0.1) is 0 Å². The van der Waals surface area contributed by atoms with Crippen LogP contribution in [-0.2, 0) is 6.54 Å². The number of benzene rings is 1. The maximum atomic E-state index is 5.45. The van der Waals surface area contributed by atoms with Gasteiger partial charge in [0.2, 0.25) is 0 Å². The molecule has 2 rings (SSSR count). The van der Waals surface area contributed by atoms with E-state index in [4.69, 9.17) is 4.42 Å². The third-order valence-electron chi connectivity index (χ3n) is 3.83. The van der Waals surface area contributed by atoms with Crippen molar-refractivity contribution in [3.63, 3.8) is 0 Å². The number of hydrogen-bond acceptors (Lipinski definition) is 3. The molecule has 0 aliphatic carbocycles. The zero-order valence-corrected chi connectivity index (χ0v) is 13.3. The topological polar surface area (TPSA) is 28.4 Å². The highest BCUT2D eigenvalue weighted by molar-refractivity contribution is 5.48. The van der Waals surface area contributed by atoms with Crippen LogP contribution in [0.1, 0.15) is 44.6 Å². The molecule has 0 aliphatic heterocycles. The lowest BCUT2D eigenvalue weighted by atomic mass is 10.0. The zero-order valence-electron chi connectivity index (χ0n) is 13.3. The monoisotopic (exact) mass is 286 g/mol. The lowest BCUT2D eigenvalue weighted by Gasteiger charge is -2.23. The summed E-state index contributed by atoms with van der Waals surface area (Å²) in [6.45, 7) is 9.32. The molecule has 1 aromatic carbocycles. The van der Waals surface area contributed by atoms with Crippen LogP contribution in [0.3, 0.4) is 0 Å². The molecule has 1 aromatic heterocycles. The third kappa shape index (κ3) is 4.11. The van der Waals surface area contributed by atoms with Crippen molar-refractivity contribution in [3.8, 4) is 0 Å². The lowest BCUT2D eigenvalue weighted by molar-refractivity contribution is 0.503. The summed E-state index contributed by atoms with van der Waals surface area (Å²) in [4.78, 5) is 2.32. The molecule has 0 bridgehead atoms. The molecule has 21 heavy (non-hydrogen) atoms. The summed E-state index contributed by atoms with van der Waals surface area (Å²) in [5, 5.41) is 3.52. The Morgan fingerprint density at radius 3 is 2.38 bits per heavy atom. The van der Waals surface area contributed by atoms with Crippen molar-refractivity contribution in [3.05, 3.63) is 54.0 Å². The maximum absolute atomic E-state index is 5.45. The normalized spacial score (nSPS) is 12.3. The Hall–Kier alpha value is -1.74. The first kappa shape index (κ1) is 15.6. The molecule has 0 saturated heterocycles. The molecule has 0 radical (unpaired) electrons. The molecule has 1 N–H and O–H groups in total. The van der Waals surface area contributed by atoms with Gasteiger partial charge in [-0.05, 0) is 49.7 Å². The summed E-state index contributed by atoms with van der Waals surface area (Å²) in [7, 11) is 0. The van der Waals surface area contributed by atoms with E-state index in [0.717, 1.165) is 31.8 Å². The van der Waals surface area contributed by atoms with E-state index >= 15 is 0 Å². The van der Waals surface area contributed by atoms with Crippen LogP contribution in [0.5, 0.6) is 0 Å². The van der Waals surface area contributed by atoms with Crippen molar-refractivity contribution in [2.24, 2.45) is 0 Å². The summed E-state index contributed by atoms with van der Waals surface area (Å²) >= 11 is 0. The standard InChI is InChI=1S/C18H26N2O/c1-4-18(19-5-2)15-9-11-16(12-10-15)20(6-3)14-17-8-7-13-21-17/h7-13,18-19H,4-6,14H2,1-3H3. The number of anilines is 1. The lowest BCUT2D eigenvalue weighted by Crippen LogP contribution is -2.22. The predicted molar refractivity (Wildman–Crippen MR) is 88.6 cm³/mol. The molecule has 0 aliphatic rings. The molecular weight excluding hydrogens is 260 g/mol. The van der Waals surface area contributed by atoms with Crippen molar-refractivity contribution in [2.75, 3.05) is 18.0 Å². The Kier molecular flexibility index (Phi) is 5.88. The van der Waals surface area contributed by atoms with Gasteiger partial charge < -0.3 is 14.6 Å². The Morgan fingerprint density at radius 2 is 1.86 bits per heavy atom. The van der Waals surface area contributed by atoms with Gasteiger partial charge in [0.25, 0.3) is 0 Å². The van der Waals surface area contributed by atoms with E-state index in [1.54, 1.807) is 6.26 Å². The maximum Gasteiger partial charge on any atom is 0.123 e. The van der Waals surface area contributed by atoms with Crippen LogP contribution in [0.15, 0.2) is 47.1 Å². The Morgan fingerprint density at radius 1 is 1.10 bits per heavy atom. The average Bonchev–Trinajstić information content (AvgIpc) is 3.03. The molecule has 1 atom stereocenters. The summed E-state index contributed by atoms with van der Waals surface area (Å²) < 4.78 is 5.45. The minimum absolute atomic E-state index is 0.448. The fourth-order valence-electron chi connectivity index (χ4n) is 2.64. The molecule has 3 nitrogen and oxygen atoms in total. The largest absolute Gasteiger partial charge is 0.467 e. The molecular formula is C18H26N2O. The van der Waals surface area contributed by atoms with Gasteiger partial charge in [-0.25, -0.2) is 0 Å². The van der Waals surface area contributed by atoms with Gasteiger partial charge in [-0.2, -0.15) is 0 Å². The first-order chi connectivity index (χ1) is 10.3. The summed E-state index contributed by atoms with van der Waals surface area (Å²) in [6.07, 6.45) is 2.84. The van der Waals surface area contributed by atoms with Gasteiger partial charge in [0.15, 0.2) is 0 Å². The van der Waals surface area contributed by atoms with Gasteiger partial charge in [-0.1, -0.05) is 26.0 Å². The van der Waals surface area contributed by atoms with Gasteiger partial charge in [0.1, 0.15) is 5.76 Å². The average molecular weight is 286 g/mol. The van der Waals surface area contributed by atoms with Gasteiger partial charge >= 0.3 is 0 Å². The quantitative estimate of drug-likeness (QED) is 0.781. The van der Waals surface area contributed by atoms with Crippen LogP contribution in [0.25, 0.3) is 0 Å². The molecule has 0 saturated carbocycles. The van der Waals surface area contributed by atoms with Crippen LogP contribution < -0.4 is 10.2 Å². The van der Waals surface area contributed by atoms with Crippen LogP contribution >= 0.6 is 0 Å². The van der Waals surface area contributed by atoms with E-state index in [2.05, 4.69) is 55.3 Å². The molecule has 1 unspecified atom stereocenters. The zero-order chi connectivity index (χ0) is 15.1. The molecule has 0 spiro atoms. The van der Waals surface area contributed by atoms with Crippen molar-refractivity contribution in [1.82, 2.24) is 5.32 Å². The Labute approximate surface area is 128 Å². The van der Waals surface area contributed by atoms with Gasteiger partial charge in [0, 0.05) is 18.3 Å². The van der Waals surface area contributed by atoms with Crippen LogP contribution in [0.4, 0.5) is 5.69 Å². The highest BCUT2D eigenvalue weighted by atomic mass is 16.3. The SMILES string of the molecule is CCNC(CC)c1ccc(N(CC)Cc2ccco2)cc1. The van der Waals surface area contributed by atoms with Crippen molar-refractivity contribution in [2.45, 2.75) is 39.8 Å². The fourth-order valence-corrected chi connectivity index (χ4v) is 2.64. The first-order valence-corrected chi connectivity index (χ1v) is 7.89. The first-order valence-electron chi connectivity index (χ1n) is 7.89. The molecule has 114 valence electrons. The van der Waals surface area contributed by atoms with Crippen LogP contribution in [-0.4, -0.2) is 13.1 Å². The van der Waals surface area contributed by atoms with Crippen molar-refractivity contribution in [1.29, 1.82) is 0 Å². The van der Waals surface area contributed by atoms with E-state index in [1.807, 2.05) is 12.1 Å². The number of hydrogen-bond donors (Lipinski definition) is 1. The summed E-state index contributed by atoms with van der Waals surface area (Å²) in [5.74, 6) is 1.00. The second-order valence-electron chi connectivity index (χ2n) is 5.20. The summed E-state index contributed by atoms with van der Waals surface area (Å²) in [5.41, 5.74) is 2.60. The minimum Gasteiger partial charge on any atom is -0.467 e. The number of nitrogens with one attached hydrogen (secondary N) is 1. The Balaban J connectivity index is 2.08. The molecule has 0 fully saturated rings. The number of rotatable bonds is 8. The van der Waals surface area contributed by atoms with E-state index in [9.17, 15) is 0 Å². The van der Waals surface area contributed by atoms with E-state index in [1.165, 1.54) is 11.3 Å². The van der Waals surface area contributed by atoms with Gasteiger partial charge in [-0.15, -0.1) is 0 Å². The van der Waals surface area contributed by atoms with E-state index in [0.29, 0.717) is 6.04 Å². The molecule has 2 aromatic rings. The fraction of sp³-hybridized carbons (Fsp3) is 0.444. The third-order valence-corrected chi connectivity index (χ3v) is 3.83. The van der Waals surface area contributed by atoms with E-state index < -0.39 is 0 Å². The molecule has 0 amide bonds. The summed E-state index contributed by atoms with van der Waals surface area (Å²) in [6, 6.07) is 13.3. The highest BCUT2D eigenvalue weighted by Crippen LogP contribution is 2.22. The minimum atomic E-state index is 0.448. The molecule has 3 heteroatoms. The van der Waals surface area contributed by atoms with Crippen molar-refractivity contribution < 1.29 is 4.42 Å². The molecule has 1 heterocycles. The number of furan rings is 1. The van der Waals surface area contributed by atoms with Crippen LogP contribution in [0.2, 0.25) is 0 Å². The second kappa shape index (κ2) is 7.89. The van der Waals surface area contributed by atoms with Crippen molar-refractivity contribution >= 4 is 5.69 Å². The smallest absolute Gasteiger partial charge is 0.123 e. The second-order valence-corrected chi connectivity index (χ2v) is 5.20. The van der Waals surface area contributed by atoms with E-state index in [-0.39, 0.29) is 0 Å². The van der Waals surface area contributed by atoms with Gasteiger partial charge in [-0.3, -0.25) is 0 Å². The Bertz CT molecular complexity index is 505. The highest BCUT2D eigenvalue weighted by Gasteiger charge is 2.10. The predicted octanol–water partition coefficient (Wildman–Crippen LogP) is 4.37.